The van der Waals surface area contributed by atoms with Crippen molar-refractivity contribution < 1.29 is 19.2 Å². The maximum absolute atomic E-state index is 12.3. The fraction of sp³-hybridized carbons (Fsp3) is 0.182. The molecule has 1 unspecified atom stereocenters. The highest BCUT2D eigenvalue weighted by Gasteiger charge is 2.16. The van der Waals surface area contributed by atoms with Crippen LogP contribution in [-0.2, 0) is 0 Å². The number of aliphatic hydroxyl groups is 1. The second-order valence-electron chi connectivity index (χ2n) is 7.11. The van der Waals surface area contributed by atoms with Gasteiger partial charge in [0.05, 0.1) is 18.3 Å². The monoisotopic (exact) mass is 434 g/mol. The van der Waals surface area contributed by atoms with E-state index in [9.17, 15) is 9.90 Å². The Balaban J connectivity index is 1.45. The van der Waals surface area contributed by atoms with Crippen LogP contribution in [-0.4, -0.2) is 37.9 Å². The van der Waals surface area contributed by atoms with Crippen LogP contribution in [0.25, 0.3) is 11.3 Å². The molecule has 0 aliphatic carbocycles. The van der Waals surface area contributed by atoms with Gasteiger partial charge in [0, 0.05) is 30.1 Å². The molecular formula is C22H22N6O4. The Morgan fingerprint density at radius 2 is 2.06 bits per heavy atom. The fourth-order valence-corrected chi connectivity index (χ4v) is 3.09. The van der Waals surface area contributed by atoms with Gasteiger partial charge in [-0.05, 0) is 25.0 Å². The van der Waals surface area contributed by atoms with E-state index in [-0.39, 0.29) is 12.5 Å². The summed E-state index contributed by atoms with van der Waals surface area (Å²) in [6.45, 7) is 3.42. The number of anilines is 2. The number of aryl methyl sites for hydroxylation is 2. The molecule has 3 heterocycles. The van der Waals surface area contributed by atoms with Crippen LogP contribution in [0.2, 0.25) is 0 Å². The standard InChI is InChI=1S/C22H22N6O4/c1-13-10-24-21(26-18-8-14(2)32-28-18)27-20(13)16-9-19(23-11-16)31-22(30)25-17(12-29)15-6-4-3-5-7-15/h3-11,17,23,29H,12H2,1-2H3,(H,25,30)(H,24,26,27,28). The van der Waals surface area contributed by atoms with E-state index in [4.69, 9.17) is 9.26 Å². The molecule has 1 amide bonds. The Morgan fingerprint density at radius 1 is 1.25 bits per heavy atom. The first-order valence-electron chi connectivity index (χ1n) is 9.88. The summed E-state index contributed by atoms with van der Waals surface area (Å²) < 4.78 is 10.4. The number of nitrogens with one attached hydrogen (secondary N) is 3. The number of benzene rings is 1. The topological polar surface area (TPSA) is 138 Å². The van der Waals surface area contributed by atoms with Gasteiger partial charge in [0.25, 0.3) is 0 Å². The summed E-state index contributed by atoms with van der Waals surface area (Å²) in [5.41, 5.74) is 2.99. The van der Waals surface area contributed by atoms with E-state index in [1.165, 1.54) is 0 Å². The second-order valence-corrected chi connectivity index (χ2v) is 7.11. The molecule has 32 heavy (non-hydrogen) atoms. The van der Waals surface area contributed by atoms with Crippen LogP contribution < -0.4 is 15.4 Å². The molecule has 4 N–H and O–H groups in total. The van der Waals surface area contributed by atoms with E-state index in [1.54, 1.807) is 31.5 Å². The zero-order chi connectivity index (χ0) is 22.5. The number of aliphatic hydroxyl groups excluding tert-OH is 1. The average molecular weight is 434 g/mol. The molecule has 0 aliphatic heterocycles. The summed E-state index contributed by atoms with van der Waals surface area (Å²) in [7, 11) is 0. The lowest BCUT2D eigenvalue weighted by atomic mass is 10.1. The van der Waals surface area contributed by atoms with Crippen LogP contribution in [0.1, 0.15) is 22.9 Å². The number of H-pyrrole nitrogens is 1. The highest BCUT2D eigenvalue weighted by atomic mass is 16.6. The summed E-state index contributed by atoms with van der Waals surface area (Å²) in [6, 6.07) is 12.0. The zero-order valence-electron chi connectivity index (χ0n) is 17.5. The van der Waals surface area contributed by atoms with E-state index in [0.29, 0.717) is 28.8 Å². The predicted octanol–water partition coefficient (Wildman–Crippen LogP) is 3.64. The number of nitrogens with zero attached hydrogens (tertiary/aromatic N) is 3. The van der Waals surface area contributed by atoms with E-state index in [2.05, 4.69) is 30.7 Å². The minimum Gasteiger partial charge on any atom is -0.394 e. The van der Waals surface area contributed by atoms with Crippen molar-refractivity contribution in [3.05, 3.63) is 71.7 Å². The number of amides is 1. The lowest BCUT2D eigenvalue weighted by molar-refractivity contribution is 0.182. The third kappa shape index (κ3) is 4.93. The molecule has 4 aromatic rings. The summed E-state index contributed by atoms with van der Waals surface area (Å²) in [5.74, 6) is 1.76. The maximum Gasteiger partial charge on any atom is 0.414 e. The van der Waals surface area contributed by atoms with Crippen molar-refractivity contribution in [1.82, 2.24) is 25.4 Å². The lowest BCUT2D eigenvalue weighted by Crippen LogP contribution is -2.33. The van der Waals surface area contributed by atoms with Gasteiger partial charge >= 0.3 is 6.09 Å². The zero-order valence-corrected chi connectivity index (χ0v) is 17.5. The number of aromatic nitrogens is 4. The quantitative estimate of drug-likeness (QED) is 0.346. The molecule has 0 saturated heterocycles. The Hall–Kier alpha value is -4.18. The molecule has 0 saturated carbocycles. The first kappa shape index (κ1) is 21.1. The van der Waals surface area contributed by atoms with Gasteiger partial charge in [-0.15, -0.1) is 0 Å². The van der Waals surface area contributed by atoms with Crippen molar-refractivity contribution in [2.24, 2.45) is 0 Å². The van der Waals surface area contributed by atoms with Gasteiger partial charge in [-0.3, -0.25) is 0 Å². The van der Waals surface area contributed by atoms with Gasteiger partial charge in [0.2, 0.25) is 11.8 Å². The van der Waals surface area contributed by atoms with Crippen LogP contribution in [0.15, 0.2) is 59.4 Å². The van der Waals surface area contributed by atoms with E-state index in [1.807, 2.05) is 37.3 Å². The van der Waals surface area contributed by atoms with Crippen LogP contribution in [0.3, 0.4) is 0 Å². The first-order valence-corrected chi connectivity index (χ1v) is 9.88. The van der Waals surface area contributed by atoms with Crippen molar-refractivity contribution in [3.8, 4) is 17.1 Å². The number of carbonyl (C=O) groups is 1. The molecule has 1 atom stereocenters. The number of carbonyl (C=O) groups excluding carboxylic acids is 1. The Kier molecular flexibility index (Phi) is 6.13. The number of rotatable bonds is 7. The third-order valence-electron chi connectivity index (χ3n) is 4.65. The number of aromatic amines is 1. The SMILES string of the molecule is Cc1cc(Nc2ncc(C)c(-c3c[nH]c(OC(=O)NC(CO)c4ccccc4)c3)n2)no1. The van der Waals surface area contributed by atoms with Crippen molar-refractivity contribution in [2.45, 2.75) is 19.9 Å². The van der Waals surface area contributed by atoms with Gasteiger partial charge in [0.15, 0.2) is 5.82 Å². The van der Waals surface area contributed by atoms with Crippen LogP contribution >= 0.6 is 0 Å². The van der Waals surface area contributed by atoms with Crippen LogP contribution in [0, 0.1) is 13.8 Å². The largest absolute Gasteiger partial charge is 0.414 e. The van der Waals surface area contributed by atoms with Crippen molar-refractivity contribution in [2.75, 3.05) is 11.9 Å². The van der Waals surface area contributed by atoms with E-state index >= 15 is 0 Å². The predicted molar refractivity (Wildman–Crippen MR) is 117 cm³/mol. The van der Waals surface area contributed by atoms with Crippen molar-refractivity contribution in [1.29, 1.82) is 0 Å². The number of hydrogen-bond donors (Lipinski definition) is 4. The minimum absolute atomic E-state index is 0.238. The van der Waals surface area contributed by atoms with Crippen molar-refractivity contribution in [3.63, 3.8) is 0 Å². The Bertz CT molecular complexity index is 1200. The highest BCUT2D eigenvalue weighted by molar-refractivity contribution is 5.72. The van der Waals surface area contributed by atoms with E-state index in [0.717, 1.165) is 11.1 Å². The smallest absolute Gasteiger partial charge is 0.394 e. The molecule has 0 aliphatic rings. The fourth-order valence-electron chi connectivity index (χ4n) is 3.09. The average Bonchev–Trinajstić information content (AvgIpc) is 3.42. The van der Waals surface area contributed by atoms with Gasteiger partial charge in [-0.1, -0.05) is 35.5 Å². The Labute approximate surface area is 183 Å². The van der Waals surface area contributed by atoms with Crippen LogP contribution in [0.5, 0.6) is 5.88 Å². The molecule has 0 bridgehead atoms. The summed E-state index contributed by atoms with van der Waals surface area (Å²) in [4.78, 5) is 24.0. The van der Waals surface area contributed by atoms with Gasteiger partial charge < -0.3 is 30.0 Å². The molecule has 10 heteroatoms. The van der Waals surface area contributed by atoms with Crippen molar-refractivity contribution >= 4 is 17.9 Å². The number of hydrogen-bond acceptors (Lipinski definition) is 8. The van der Waals surface area contributed by atoms with E-state index < -0.39 is 12.1 Å². The number of ether oxygens (including phenoxy) is 1. The molecule has 0 spiro atoms. The molecule has 0 fully saturated rings. The maximum atomic E-state index is 12.3. The molecule has 4 rings (SSSR count). The summed E-state index contributed by atoms with van der Waals surface area (Å²) >= 11 is 0. The normalized spacial score (nSPS) is 11.7. The van der Waals surface area contributed by atoms with Gasteiger partial charge in [-0.2, -0.15) is 0 Å². The molecule has 164 valence electrons. The van der Waals surface area contributed by atoms with Crippen LogP contribution in [0.4, 0.5) is 16.6 Å². The van der Waals surface area contributed by atoms with Gasteiger partial charge in [0.1, 0.15) is 5.76 Å². The summed E-state index contributed by atoms with van der Waals surface area (Å²) in [6.07, 6.45) is 2.68. The molecule has 0 radical (unpaired) electrons. The Morgan fingerprint density at radius 3 is 2.78 bits per heavy atom. The third-order valence-corrected chi connectivity index (χ3v) is 4.65. The molecular weight excluding hydrogens is 412 g/mol. The summed E-state index contributed by atoms with van der Waals surface area (Å²) in [5, 5.41) is 19.1. The molecule has 3 aromatic heterocycles. The first-order chi connectivity index (χ1) is 15.5. The molecule has 10 nitrogen and oxygen atoms in total. The molecule has 1 aromatic carbocycles. The van der Waals surface area contributed by atoms with Gasteiger partial charge in [-0.25, -0.2) is 14.8 Å². The minimum atomic E-state index is -0.690. The second kappa shape index (κ2) is 9.31. The highest BCUT2D eigenvalue weighted by Crippen LogP contribution is 2.26. The lowest BCUT2D eigenvalue weighted by Gasteiger charge is -2.15.